The van der Waals surface area contributed by atoms with Crippen molar-refractivity contribution >= 4 is 5.91 Å². The van der Waals surface area contributed by atoms with Crippen molar-refractivity contribution in [1.29, 1.82) is 0 Å². The summed E-state index contributed by atoms with van der Waals surface area (Å²) in [7, 11) is 0. The molecule has 4 fully saturated rings. The van der Waals surface area contributed by atoms with Gasteiger partial charge in [-0.05, 0) is 81.3 Å². The lowest BCUT2D eigenvalue weighted by atomic mass is 9.69. The van der Waals surface area contributed by atoms with Crippen LogP contribution < -0.4 is 0 Å². The van der Waals surface area contributed by atoms with E-state index >= 15 is 0 Å². The second-order valence-electron chi connectivity index (χ2n) is 10.1. The highest BCUT2D eigenvalue weighted by Crippen LogP contribution is 2.50. The summed E-state index contributed by atoms with van der Waals surface area (Å²) >= 11 is 0. The van der Waals surface area contributed by atoms with Crippen LogP contribution >= 0.6 is 0 Å². The molecule has 1 aromatic rings. The Balaban J connectivity index is 1.11. The van der Waals surface area contributed by atoms with Crippen LogP contribution in [0.3, 0.4) is 0 Å². The standard InChI is InChI=1S/C23H31NO2/c1-22(26)12-20(13-22)21(25)24-14-23(15-24)9-8-17(11-23)10-16-2-4-18(5-3-16)19-6-7-19/h2-5,17,19-20,26H,6-15H2,1H3/t17-,20?,22?/m1/s1. The average Bonchev–Trinajstić information content (AvgIpc) is 3.31. The van der Waals surface area contributed by atoms with Gasteiger partial charge >= 0.3 is 0 Å². The number of carbonyl (C=O) groups is 1. The first-order valence-corrected chi connectivity index (χ1v) is 10.5. The number of amides is 1. The third-order valence-corrected chi connectivity index (χ3v) is 7.44. The Morgan fingerprint density at radius 3 is 2.42 bits per heavy atom. The highest BCUT2D eigenvalue weighted by molar-refractivity contribution is 5.81. The molecular formula is C23H31NO2. The van der Waals surface area contributed by atoms with E-state index in [1.54, 1.807) is 0 Å². The maximum atomic E-state index is 12.5. The highest BCUT2D eigenvalue weighted by atomic mass is 16.3. The van der Waals surface area contributed by atoms with Gasteiger partial charge in [-0.2, -0.15) is 0 Å². The number of nitrogens with zero attached hydrogens (tertiary/aromatic N) is 1. The summed E-state index contributed by atoms with van der Waals surface area (Å²) in [6.45, 7) is 3.76. The monoisotopic (exact) mass is 353 g/mol. The summed E-state index contributed by atoms with van der Waals surface area (Å²) in [6.07, 6.45) is 9.12. The van der Waals surface area contributed by atoms with E-state index in [4.69, 9.17) is 0 Å². The van der Waals surface area contributed by atoms with Crippen LogP contribution in [0, 0.1) is 17.3 Å². The Hall–Kier alpha value is -1.35. The maximum absolute atomic E-state index is 12.5. The third kappa shape index (κ3) is 3.09. The van der Waals surface area contributed by atoms with Crippen LogP contribution in [0.15, 0.2) is 24.3 Å². The number of aliphatic hydroxyl groups is 1. The van der Waals surface area contributed by atoms with Gasteiger partial charge in [0.05, 0.1) is 5.60 Å². The van der Waals surface area contributed by atoms with E-state index < -0.39 is 5.60 Å². The van der Waals surface area contributed by atoms with E-state index in [1.165, 1.54) is 49.7 Å². The summed E-state index contributed by atoms with van der Waals surface area (Å²) in [5.41, 5.74) is 2.82. The second kappa shape index (κ2) is 5.82. The first kappa shape index (κ1) is 16.8. The van der Waals surface area contributed by atoms with Gasteiger partial charge in [0.2, 0.25) is 5.91 Å². The van der Waals surface area contributed by atoms with E-state index in [9.17, 15) is 9.90 Å². The largest absolute Gasteiger partial charge is 0.390 e. The number of hydrogen-bond acceptors (Lipinski definition) is 2. The van der Waals surface area contributed by atoms with Crippen molar-refractivity contribution in [2.24, 2.45) is 17.3 Å². The molecule has 1 amide bonds. The number of hydrogen-bond donors (Lipinski definition) is 1. The fourth-order valence-corrected chi connectivity index (χ4v) is 5.82. The fourth-order valence-electron chi connectivity index (χ4n) is 5.82. The molecule has 0 aromatic heterocycles. The molecule has 3 saturated carbocycles. The molecule has 1 aromatic carbocycles. The summed E-state index contributed by atoms with van der Waals surface area (Å²) in [5.74, 6) is 1.99. The Labute approximate surface area is 156 Å². The normalized spacial score (nSPS) is 35.2. The lowest BCUT2D eigenvalue weighted by molar-refractivity contribution is -0.161. The number of likely N-dealkylation sites (tertiary alicyclic amines) is 1. The van der Waals surface area contributed by atoms with Gasteiger partial charge in [0.25, 0.3) is 0 Å². The van der Waals surface area contributed by atoms with Gasteiger partial charge in [-0.3, -0.25) is 4.79 Å². The molecular weight excluding hydrogens is 322 g/mol. The Morgan fingerprint density at radius 1 is 1.12 bits per heavy atom. The Morgan fingerprint density at radius 2 is 1.81 bits per heavy atom. The van der Waals surface area contributed by atoms with Crippen LogP contribution in [-0.2, 0) is 11.2 Å². The van der Waals surface area contributed by atoms with Gasteiger partial charge < -0.3 is 10.0 Å². The second-order valence-corrected chi connectivity index (χ2v) is 10.1. The minimum Gasteiger partial charge on any atom is -0.390 e. The van der Waals surface area contributed by atoms with Crippen molar-refractivity contribution in [2.75, 3.05) is 13.1 Å². The molecule has 140 valence electrons. The minimum atomic E-state index is -0.601. The van der Waals surface area contributed by atoms with Crippen LogP contribution in [0.25, 0.3) is 0 Å². The van der Waals surface area contributed by atoms with Gasteiger partial charge in [0.15, 0.2) is 0 Å². The molecule has 3 aliphatic carbocycles. The van der Waals surface area contributed by atoms with Crippen molar-refractivity contribution in [3.8, 4) is 0 Å². The van der Waals surface area contributed by atoms with E-state index in [-0.39, 0.29) is 5.92 Å². The zero-order valence-corrected chi connectivity index (χ0v) is 15.9. The van der Waals surface area contributed by atoms with Crippen molar-refractivity contribution in [1.82, 2.24) is 4.90 Å². The molecule has 5 rings (SSSR count). The van der Waals surface area contributed by atoms with Crippen LogP contribution in [0.5, 0.6) is 0 Å². The zero-order chi connectivity index (χ0) is 17.9. The van der Waals surface area contributed by atoms with Gasteiger partial charge in [-0.15, -0.1) is 0 Å². The molecule has 1 aliphatic heterocycles. The van der Waals surface area contributed by atoms with Crippen LogP contribution in [-0.4, -0.2) is 34.6 Å². The van der Waals surface area contributed by atoms with Crippen LogP contribution in [0.1, 0.15) is 68.9 Å². The van der Waals surface area contributed by atoms with Crippen molar-refractivity contribution in [3.63, 3.8) is 0 Å². The van der Waals surface area contributed by atoms with Gasteiger partial charge in [-0.25, -0.2) is 0 Å². The molecule has 1 N–H and O–H groups in total. The fraction of sp³-hybridized carbons (Fsp3) is 0.696. The first-order chi connectivity index (χ1) is 12.4. The number of rotatable bonds is 4. The number of carbonyl (C=O) groups excluding carboxylic acids is 1. The smallest absolute Gasteiger partial charge is 0.225 e. The van der Waals surface area contributed by atoms with Gasteiger partial charge in [0, 0.05) is 24.4 Å². The summed E-state index contributed by atoms with van der Waals surface area (Å²) in [4.78, 5) is 14.6. The van der Waals surface area contributed by atoms with E-state index in [0.717, 1.165) is 24.9 Å². The van der Waals surface area contributed by atoms with Crippen molar-refractivity contribution < 1.29 is 9.90 Å². The zero-order valence-electron chi connectivity index (χ0n) is 15.9. The summed E-state index contributed by atoms with van der Waals surface area (Å²) in [5, 5.41) is 9.87. The molecule has 3 nitrogen and oxygen atoms in total. The molecule has 26 heavy (non-hydrogen) atoms. The predicted molar refractivity (Wildman–Crippen MR) is 102 cm³/mol. The predicted octanol–water partition coefficient (Wildman–Crippen LogP) is 3.90. The van der Waals surface area contributed by atoms with Crippen molar-refractivity contribution in [3.05, 3.63) is 35.4 Å². The maximum Gasteiger partial charge on any atom is 0.225 e. The Kier molecular flexibility index (Phi) is 3.76. The molecule has 1 atom stereocenters. The molecule has 1 heterocycles. The summed E-state index contributed by atoms with van der Waals surface area (Å²) in [6, 6.07) is 9.37. The van der Waals surface area contributed by atoms with Gasteiger partial charge in [-0.1, -0.05) is 24.3 Å². The molecule has 1 saturated heterocycles. The molecule has 3 heteroatoms. The molecule has 0 radical (unpaired) electrons. The topological polar surface area (TPSA) is 40.5 Å². The van der Waals surface area contributed by atoms with Crippen LogP contribution in [0.4, 0.5) is 0 Å². The molecule has 4 aliphatic rings. The first-order valence-electron chi connectivity index (χ1n) is 10.5. The summed E-state index contributed by atoms with van der Waals surface area (Å²) < 4.78 is 0. The lowest BCUT2D eigenvalue weighted by Gasteiger charge is -2.52. The van der Waals surface area contributed by atoms with E-state index in [2.05, 4.69) is 29.2 Å². The molecule has 1 spiro atoms. The number of benzene rings is 1. The minimum absolute atomic E-state index is 0.0736. The van der Waals surface area contributed by atoms with Crippen molar-refractivity contribution in [2.45, 2.75) is 69.8 Å². The van der Waals surface area contributed by atoms with Gasteiger partial charge in [0.1, 0.15) is 0 Å². The lowest BCUT2D eigenvalue weighted by Crippen LogP contribution is -2.61. The molecule has 0 unspecified atom stereocenters. The third-order valence-electron chi connectivity index (χ3n) is 7.44. The Bertz CT molecular complexity index is 689. The average molecular weight is 354 g/mol. The highest BCUT2D eigenvalue weighted by Gasteiger charge is 2.52. The molecule has 0 bridgehead atoms. The van der Waals surface area contributed by atoms with Crippen LogP contribution in [0.2, 0.25) is 0 Å². The van der Waals surface area contributed by atoms with E-state index in [0.29, 0.717) is 24.2 Å². The van der Waals surface area contributed by atoms with E-state index in [1.807, 2.05) is 6.92 Å². The SMILES string of the molecule is CC1(O)CC(C(=O)N2CC3(CC[C@H](Cc4ccc(C5CC5)cc4)C3)C2)C1. The quantitative estimate of drug-likeness (QED) is 0.892.